The molecule has 11 nitrogen and oxygen atoms in total. The molecule has 2 saturated heterocycles. The number of fused-ring (bicyclic) bond motifs is 1. The lowest BCUT2D eigenvalue weighted by molar-refractivity contribution is 0.0612. The van der Waals surface area contributed by atoms with Crippen LogP contribution in [-0.2, 0) is 0 Å². The van der Waals surface area contributed by atoms with Crippen molar-refractivity contribution in [2.45, 2.75) is 51.6 Å². The third-order valence-corrected chi connectivity index (χ3v) is 6.08. The van der Waals surface area contributed by atoms with E-state index in [2.05, 4.69) is 25.6 Å². The number of aliphatic hydroxyl groups excluding tert-OH is 1. The number of carbonyl (C=O) groups is 1. The largest absolute Gasteiger partial charge is 0.390 e. The number of rotatable bonds is 5. The van der Waals surface area contributed by atoms with Gasteiger partial charge in [-0.3, -0.25) is 9.58 Å². The van der Waals surface area contributed by atoms with Crippen molar-refractivity contribution < 1.29 is 14.3 Å². The summed E-state index contributed by atoms with van der Waals surface area (Å²) in [6, 6.07) is 3.54. The molecule has 3 atom stereocenters. The molecule has 34 heavy (non-hydrogen) atoms. The van der Waals surface area contributed by atoms with E-state index in [-0.39, 0.29) is 24.7 Å². The van der Waals surface area contributed by atoms with Gasteiger partial charge in [0.2, 0.25) is 5.95 Å². The van der Waals surface area contributed by atoms with Gasteiger partial charge in [0.25, 0.3) is 0 Å². The van der Waals surface area contributed by atoms with E-state index in [1.165, 1.54) is 0 Å². The first-order valence-electron chi connectivity index (χ1n) is 11.4. The number of piperidine rings is 1. The van der Waals surface area contributed by atoms with Crippen molar-refractivity contribution in [3.63, 3.8) is 0 Å². The number of pyridine rings is 1. The fourth-order valence-electron chi connectivity index (χ4n) is 4.33. The molecule has 5 rings (SSSR count). The SMILES string of the molecule is CC1CN(c2nn(C(C)C)c3cc(Nc4ccnc(N5CC[C@@H](O)[C@@H](F)C5)n4)ncc23)C(=O)N1. The van der Waals surface area contributed by atoms with E-state index >= 15 is 0 Å². The van der Waals surface area contributed by atoms with Gasteiger partial charge >= 0.3 is 6.03 Å². The maximum Gasteiger partial charge on any atom is 0.323 e. The topological polar surface area (TPSA) is 124 Å². The normalized spacial score (nSPS) is 23.1. The summed E-state index contributed by atoms with van der Waals surface area (Å²) in [5, 5.41) is 21.2. The van der Waals surface area contributed by atoms with Crippen molar-refractivity contribution in [3.8, 4) is 0 Å². The number of carbonyl (C=O) groups excluding carboxylic acids is 1. The molecule has 0 radical (unpaired) electrons. The number of urea groups is 1. The highest BCUT2D eigenvalue weighted by atomic mass is 19.1. The minimum absolute atomic E-state index is 0.0449. The molecule has 12 heteroatoms. The molecule has 3 aromatic rings. The highest BCUT2D eigenvalue weighted by Gasteiger charge is 2.31. The zero-order valence-corrected chi connectivity index (χ0v) is 19.3. The van der Waals surface area contributed by atoms with Crippen molar-refractivity contribution >= 4 is 40.3 Å². The minimum atomic E-state index is -1.33. The maximum atomic E-state index is 14.0. The second kappa shape index (κ2) is 8.67. The lowest BCUT2D eigenvalue weighted by Gasteiger charge is -2.32. The highest BCUT2D eigenvalue weighted by Crippen LogP contribution is 2.31. The lowest BCUT2D eigenvalue weighted by Crippen LogP contribution is -2.45. The average molecular weight is 470 g/mol. The van der Waals surface area contributed by atoms with Gasteiger partial charge in [0, 0.05) is 43.6 Å². The van der Waals surface area contributed by atoms with Crippen LogP contribution in [0.4, 0.5) is 32.6 Å². The molecule has 0 aliphatic carbocycles. The number of nitrogens with one attached hydrogen (secondary N) is 2. The minimum Gasteiger partial charge on any atom is -0.390 e. The van der Waals surface area contributed by atoms with Gasteiger partial charge in [-0.1, -0.05) is 0 Å². The first-order chi connectivity index (χ1) is 16.3. The summed E-state index contributed by atoms with van der Waals surface area (Å²) in [5.41, 5.74) is 0.842. The predicted octanol–water partition coefficient (Wildman–Crippen LogP) is 2.37. The fraction of sp³-hybridized carbons (Fsp3) is 0.500. The van der Waals surface area contributed by atoms with Crippen LogP contribution in [0, 0.1) is 0 Å². The summed E-state index contributed by atoms with van der Waals surface area (Å²) in [6.07, 6.45) is 1.36. The molecule has 1 unspecified atom stereocenters. The van der Waals surface area contributed by atoms with Crippen LogP contribution in [0.25, 0.3) is 10.9 Å². The van der Waals surface area contributed by atoms with Crippen LogP contribution in [0.2, 0.25) is 0 Å². The van der Waals surface area contributed by atoms with E-state index in [1.807, 2.05) is 31.5 Å². The first kappa shape index (κ1) is 22.3. The molecule has 180 valence electrons. The number of amides is 2. The van der Waals surface area contributed by atoms with E-state index in [4.69, 9.17) is 5.10 Å². The molecular formula is C22H28FN9O2. The van der Waals surface area contributed by atoms with Crippen LogP contribution in [0.15, 0.2) is 24.5 Å². The third kappa shape index (κ3) is 4.09. The molecule has 2 aliphatic rings. The number of halogens is 1. The van der Waals surface area contributed by atoms with Crippen LogP contribution in [-0.4, -0.2) is 73.8 Å². The number of hydrogen-bond acceptors (Lipinski definition) is 8. The maximum absolute atomic E-state index is 14.0. The van der Waals surface area contributed by atoms with Crippen LogP contribution < -0.4 is 20.4 Å². The second-order valence-electron chi connectivity index (χ2n) is 9.09. The van der Waals surface area contributed by atoms with Crippen LogP contribution in [0.3, 0.4) is 0 Å². The fourth-order valence-corrected chi connectivity index (χ4v) is 4.33. The second-order valence-corrected chi connectivity index (χ2v) is 9.09. The number of aliphatic hydroxyl groups is 1. The molecule has 0 aromatic carbocycles. The Kier molecular flexibility index (Phi) is 5.68. The van der Waals surface area contributed by atoms with Crippen molar-refractivity contribution in [2.75, 3.05) is 34.8 Å². The Bertz CT molecular complexity index is 1220. The van der Waals surface area contributed by atoms with Crippen LogP contribution in [0.1, 0.15) is 33.2 Å². The van der Waals surface area contributed by atoms with E-state index in [1.54, 1.807) is 28.3 Å². The van der Waals surface area contributed by atoms with Gasteiger partial charge in [-0.05, 0) is 33.3 Å². The van der Waals surface area contributed by atoms with Crippen LogP contribution >= 0.6 is 0 Å². The van der Waals surface area contributed by atoms with Gasteiger partial charge in [-0.25, -0.2) is 19.2 Å². The van der Waals surface area contributed by atoms with Gasteiger partial charge in [-0.15, -0.1) is 0 Å². The zero-order valence-electron chi connectivity index (χ0n) is 19.3. The highest BCUT2D eigenvalue weighted by molar-refractivity contribution is 6.02. The Balaban J connectivity index is 1.43. The molecule has 3 N–H and O–H groups in total. The Hall–Kier alpha value is -3.54. The first-order valence-corrected chi connectivity index (χ1v) is 11.4. The quantitative estimate of drug-likeness (QED) is 0.520. The summed E-state index contributed by atoms with van der Waals surface area (Å²) < 4.78 is 15.8. The number of anilines is 4. The smallest absolute Gasteiger partial charge is 0.323 e. The zero-order chi connectivity index (χ0) is 24.0. The Labute approximate surface area is 196 Å². The van der Waals surface area contributed by atoms with E-state index in [9.17, 15) is 14.3 Å². The molecule has 5 heterocycles. The Morgan fingerprint density at radius 2 is 2.09 bits per heavy atom. The number of aromatic nitrogens is 5. The molecular weight excluding hydrogens is 441 g/mol. The van der Waals surface area contributed by atoms with Crippen molar-refractivity contribution in [2.24, 2.45) is 0 Å². The van der Waals surface area contributed by atoms with Crippen molar-refractivity contribution in [1.82, 2.24) is 30.0 Å². The van der Waals surface area contributed by atoms with Crippen LogP contribution in [0.5, 0.6) is 0 Å². The van der Waals surface area contributed by atoms with E-state index in [0.29, 0.717) is 42.9 Å². The summed E-state index contributed by atoms with van der Waals surface area (Å²) in [7, 11) is 0. The van der Waals surface area contributed by atoms with Crippen molar-refractivity contribution in [3.05, 3.63) is 24.5 Å². The van der Waals surface area contributed by atoms with Gasteiger partial charge in [-0.2, -0.15) is 10.1 Å². The van der Waals surface area contributed by atoms with E-state index < -0.39 is 12.3 Å². The summed E-state index contributed by atoms with van der Waals surface area (Å²) in [4.78, 5) is 29.1. The van der Waals surface area contributed by atoms with Crippen molar-refractivity contribution in [1.29, 1.82) is 0 Å². The monoisotopic (exact) mass is 469 g/mol. The number of hydrogen-bond donors (Lipinski definition) is 3. The van der Waals surface area contributed by atoms with Gasteiger partial charge < -0.3 is 20.6 Å². The predicted molar refractivity (Wildman–Crippen MR) is 126 cm³/mol. The third-order valence-electron chi connectivity index (χ3n) is 6.08. The molecule has 0 saturated carbocycles. The number of alkyl halides is 1. The average Bonchev–Trinajstić information content (AvgIpc) is 3.34. The Morgan fingerprint density at radius 1 is 1.26 bits per heavy atom. The lowest BCUT2D eigenvalue weighted by atomic mass is 10.1. The summed E-state index contributed by atoms with van der Waals surface area (Å²) in [5.74, 6) is 2.05. The standard InChI is InChI=1S/C22H28FN9O2/c1-12(2)32-16-8-19(25-9-14(16)20(29-32)31-10-13(3)26-22(31)34)27-18-4-6-24-21(28-18)30-7-5-17(33)15(23)11-30/h4,6,8-9,12-13,15,17,33H,5,7,10-11H2,1-3H3,(H,26,34)(H,24,25,27,28)/t13?,15-,17+/m0/s1. The summed E-state index contributed by atoms with van der Waals surface area (Å²) >= 11 is 0. The molecule has 2 amide bonds. The molecule has 2 fully saturated rings. The Morgan fingerprint density at radius 3 is 2.79 bits per heavy atom. The summed E-state index contributed by atoms with van der Waals surface area (Å²) in [6.45, 7) is 7.08. The van der Waals surface area contributed by atoms with Gasteiger partial charge in [0.05, 0.1) is 23.6 Å². The van der Waals surface area contributed by atoms with Gasteiger partial charge in [0.1, 0.15) is 17.8 Å². The van der Waals surface area contributed by atoms with Gasteiger partial charge in [0.15, 0.2) is 5.82 Å². The van der Waals surface area contributed by atoms with E-state index in [0.717, 1.165) is 10.9 Å². The molecule has 2 aliphatic heterocycles. The number of nitrogens with zero attached hydrogens (tertiary/aromatic N) is 7. The molecule has 0 spiro atoms. The molecule has 0 bridgehead atoms. The molecule has 3 aromatic heterocycles.